The zero-order chi connectivity index (χ0) is 18.9. The van der Waals surface area contributed by atoms with Gasteiger partial charge in [0.15, 0.2) is 11.5 Å². The van der Waals surface area contributed by atoms with Crippen molar-refractivity contribution in [3.63, 3.8) is 0 Å². The molecule has 0 heterocycles. The molecule has 0 aromatic heterocycles. The van der Waals surface area contributed by atoms with E-state index in [0.717, 1.165) is 11.1 Å². The van der Waals surface area contributed by atoms with Crippen molar-refractivity contribution < 1.29 is 27.8 Å². The highest BCUT2D eigenvalue weighted by Crippen LogP contribution is 2.27. The number of ether oxygens (including phenoxy) is 3. The Morgan fingerprint density at radius 1 is 1.08 bits per heavy atom. The summed E-state index contributed by atoms with van der Waals surface area (Å²) in [5, 5.41) is 2.71. The van der Waals surface area contributed by atoms with Gasteiger partial charge in [-0.1, -0.05) is 18.2 Å². The lowest BCUT2D eigenvalue weighted by Crippen LogP contribution is -2.20. The first-order valence-corrected chi connectivity index (χ1v) is 7.73. The third-order valence-electron chi connectivity index (χ3n) is 3.45. The van der Waals surface area contributed by atoms with Crippen molar-refractivity contribution in [2.24, 2.45) is 0 Å². The Morgan fingerprint density at radius 2 is 1.77 bits per heavy atom. The van der Waals surface area contributed by atoms with Gasteiger partial charge < -0.3 is 19.5 Å². The molecule has 7 heteroatoms. The zero-order valence-corrected chi connectivity index (χ0v) is 14.4. The lowest BCUT2D eigenvalue weighted by molar-refractivity contribution is -0.116. The molecular weight excluding hydrogens is 344 g/mol. The number of benzene rings is 2. The van der Waals surface area contributed by atoms with E-state index in [1.165, 1.54) is 25.3 Å². The van der Waals surface area contributed by atoms with Gasteiger partial charge in [-0.25, -0.2) is 0 Å². The molecule has 0 spiro atoms. The van der Waals surface area contributed by atoms with Crippen LogP contribution in [0.4, 0.5) is 8.78 Å². The van der Waals surface area contributed by atoms with E-state index in [0.29, 0.717) is 11.5 Å². The first kappa shape index (κ1) is 19.2. The summed E-state index contributed by atoms with van der Waals surface area (Å²) in [6, 6.07) is 11.4. The highest BCUT2D eigenvalue weighted by molar-refractivity contribution is 5.91. The monoisotopic (exact) mass is 363 g/mol. The van der Waals surface area contributed by atoms with E-state index in [-0.39, 0.29) is 18.2 Å². The van der Waals surface area contributed by atoms with E-state index < -0.39 is 6.61 Å². The molecule has 0 bridgehead atoms. The van der Waals surface area contributed by atoms with Crippen molar-refractivity contribution in [2.45, 2.75) is 13.2 Å². The van der Waals surface area contributed by atoms with Gasteiger partial charge in [-0.3, -0.25) is 4.79 Å². The van der Waals surface area contributed by atoms with Crippen LogP contribution >= 0.6 is 0 Å². The largest absolute Gasteiger partial charge is 0.493 e. The maximum Gasteiger partial charge on any atom is 0.387 e. The second-order valence-corrected chi connectivity index (χ2v) is 5.19. The third-order valence-corrected chi connectivity index (χ3v) is 3.45. The Kier molecular flexibility index (Phi) is 6.96. The van der Waals surface area contributed by atoms with E-state index in [4.69, 9.17) is 9.47 Å². The fraction of sp³-hybridized carbons (Fsp3) is 0.211. The number of halogens is 2. The number of hydrogen-bond acceptors (Lipinski definition) is 4. The maximum atomic E-state index is 12.1. The number of hydrogen-bond donors (Lipinski definition) is 1. The number of rotatable bonds is 8. The van der Waals surface area contributed by atoms with Crippen LogP contribution in [0, 0.1) is 0 Å². The minimum Gasteiger partial charge on any atom is -0.493 e. The molecule has 5 nitrogen and oxygen atoms in total. The van der Waals surface area contributed by atoms with Gasteiger partial charge in [0.1, 0.15) is 5.75 Å². The molecule has 1 N–H and O–H groups in total. The molecule has 1 amide bonds. The summed E-state index contributed by atoms with van der Waals surface area (Å²) in [7, 11) is 3.09. The maximum absolute atomic E-state index is 12.1. The Morgan fingerprint density at radius 3 is 2.38 bits per heavy atom. The molecule has 0 aliphatic heterocycles. The molecule has 2 rings (SSSR count). The molecule has 0 atom stereocenters. The lowest BCUT2D eigenvalue weighted by atomic mass is 10.2. The standard InChI is InChI=1S/C19H19F2NO4/c1-24-16-9-5-13(11-17(16)25-2)6-10-18(23)22-12-14-3-7-15(8-4-14)26-19(20)21/h3-11,19H,12H2,1-2H3,(H,22,23)/b10-6+. The molecule has 0 radical (unpaired) electrons. The van der Waals surface area contributed by atoms with E-state index in [1.807, 2.05) is 0 Å². The SMILES string of the molecule is COc1ccc(/C=C/C(=O)NCc2ccc(OC(F)F)cc2)cc1OC. The smallest absolute Gasteiger partial charge is 0.387 e. The minimum atomic E-state index is -2.86. The Labute approximate surface area is 150 Å². The summed E-state index contributed by atoms with van der Waals surface area (Å²) < 4.78 is 38.8. The molecule has 0 saturated heterocycles. The Hall–Kier alpha value is -3.09. The van der Waals surface area contributed by atoms with E-state index in [2.05, 4.69) is 10.1 Å². The third kappa shape index (κ3) is 5.77. The van der Waals surface area contributed by atoms with Crippen LogP contribution in [0.25, 0.3) is 6.08 Å². The molecule has 0 aliphatic carbocycles. The van der Waals surface area contributed by atoms with Crippen molar-refractivity contribution in [3.8, 4) is 17.2 Å². The Balaban J connectivity index is 1.89. The summed E-state index contributed by atoms with van der Waals surface area (Å²) in [6.45, 7) is -2.59. The van der Waals surface area contributed by atoms with Crippen LogP contribution in [0.3, 0.4) is 0 Å². The number of nitrogens with one attached hydrogen (secondary N) is 1. The van der Waals surface area contributed by atoms with Crippen LogP contribution in [0.1, 0.15) is 11.1 Å². The molecule has 26 heavy (non-hydrogen) atoms. The fourth-order valence-corrected chi connectivity index (χ4v) is 2.17. The molecule has 2 aromatic rings. The number of carbonyl (C=O) groups is 1. The summed E-state index contributed by atoms with van der Waals surface area (Å²) >= 11 is 0. The highest BCUT2D eigenvalue weighted by atomic mass is 19.3. The van der Waals surface area contributed by atoms with Crippen LogP contribution in [-0.4, -0.2) is 26.7 Å². The summed E-state index contributed by atoms with van der Waals surface area (Å²) in [4.78, 5) is 11.9. The molecule has 138 valence electrons. The van der Waals surface area contributed by atoms with Gasteiger partial charge in [-0.05, 0) is 41.5 Å². The van der Waals surface area contributed by atoms with Gasteiger partial charge >= 0.3 is 6.61 Å². The van der Waals surface area contributed by atoms with Crippen LogP contribution in [0.15, 0.2) is 48.5 Å². The van der Waals surface area contributed by atoms with Crippen molar-refractivity contribution in [1.29, 1.82) is 0 Å². The van der Waals surface area contributed by atoms with Crippen LogP contribution in [0.5, 0.6) is 17.2 Å². The summed E-state index contributed by atoms with van der Waals surface area (Å²) in [5.41, 5.74) is 1.55. The first-order valence-electron chi connectivity index (χ1n) is 7.73. The van der Waals surface area contributed by atoms with Crippen molar-refractivity contribution >= 4 is 12.0 Å². The van der Waals surface area contributed by atoms with Gasteiger partial charge in [-0.2, -0.15) is 8.78 Å². The normalized spacial score (nSPS) is 10.8. The summed E-state index contributed by atoms with van der Waals surface area (Å²) in [6.07, 6.45) is 3.05. The van der Waals surface area contributed by atoms with E-state index in [1.54, 1.807) is 43.5 Å². The van der Waals surface area contributed by atoms with Crippen LogP contribution in [0.2, 0.25) is 0 Å². The predicted molar refractivity (Wildman–Crippen MR) is 93.5 cm³/mol. The molecule has 0 fully saturated rings. The summed E-state index contributed by atoms with van der Waals surface area (Å²) in [5.74, 6) is 0.964. The average Bonchev–Trinajstić information content (AvgIpc) is 2.65. The number of amides is 1. The minimum absolute atomic E-state index is 0.0726. The molecule has 2 aromatic carbocycles. The zero-order valence-electron chi connectivity index (χ0n) is 14.4. The second-order valence-electron chi connectivity index (χ2n) is 5.19. The number of alkyl halides is 2. The lowest BCUT2D eigenvalue weighted by Gasteiger charge is -2.08. The number of carbonyl (C=O) groups excluding carboxylic acids is 1. The van der Waals surface area contributed by atoms with Gasteiger partial charge in [0.25, 0.3) is 0 Å². The van der Waals surface area contributed by atoms with Crippen molar-refractivity contribution in [2.75, 3.05) is 14.2 Å². The fourth-order valence-electron chi connectivity index (χ4n) is 2.17. The molecular formula is C19H19F2NO4. The van der Waals surface area contributed by atoms with Crippen LogP contribution < -0.4 is 19.5 Å². The van der Waals surface area contributed by atoms with Crippen molar-refractivity contribution in [3.05, 3.63) is 59.7 Å². The van der Waals surface area contributed by atoms with Crippen LogP contribution in [-0.2, 0) is 11.3 Å². The molecule has 0 saturated carbocycles. The average molecular weight is 363 g/mol. The van der Waals surface area contributed by atoms with E-state index >= 15 is 0 Å². The molecule has 0 aliphatic rings. The number of methoxy groups -OCH3 is 2. The quantitative estimate of drug-likeness (QED) is 0.728. The predicted octanol–water partition coefficient (Wildman–Crippen LogP) is 3.63. The highest BCUT2D eigenvalue weighted by Gasteiger charge is 2.05. The Bertz CT molecular complexity index is 761. The van der Waals surface area contributed by atoms with Gasteiger partial charge in [0.05, 0.1) is 14.2 Å². The second kappa shape index (κ2) is 9.41. The first-order chi connectivity index (χ1) is 12.5. The topological polar surface area (TPSA) is 56.8 Å². The van der Waals surface area contributed by atoms with Crippen molar-refractivity contribution in [1.82, 2.24) is 5.32 Å². The van der Waals surface area contributed by atoms with Gasteiger partial charge in [-0.15, -0.1) is 0 Å². The van der Waals surface area contributed by atoms with E-state index in [9.17, 15) is 13.6 Å². The molecule has 0 unspecified atom stereocenters. The van der Waals surface area contributed by atoms with Gasteiger partial charge in [0.2, 0.25) is 5.91 Å². The van der Waals surface area contributed by atoms with Gasteiger partial charge in [0, 0.05) is 12.6 Å².